The van der Waals surface area contributed by atoms with Gasteiger partial charge < -0.3 is 11.1 Å². The molecule has 28 heavy (non-hydrogen) atoms. The molecule has 0 bridgehead atoms. The van der Waals surface area contributed by atoms with Crippen LogP contribution in [-0.2, 0) is 10.3 Å². The second-order valence-corrected chi connectivity index (χ2v) is 7.70. The van der Waals surface area contributed by atoms with Gasteiger partial charge in [0.1, 0.15) is 17.2 Å². The number of aromatic nitrogens is 2. The van der Waals surface area contributed by atoms with E-state index in [4.69, 9.17) is 5.73 Å². The van der Waals surface area contributed by atoms with Gasteiger partial charge in [-0.2, -0.15) is 0 Å². The molecule has 1 aliphatic heterocycles. The summed E-state index contributed by atoms with van der Waals surface area (Å²) in [5.74, 6) is 0.0252. The number of carbonyl (C=O) groups is 1. The number of nitrogens with two attached hydrogens (primary N) is 1. The van der Waals surface area contributed by atoms with Crippen LogP contribution in [0.1, 0.15) is 45.1 Å². The van der Waals surface area contributed by atoms with Crippen LogP contribution in [0.25, 0.3) is 0 Å². The largest absolute Gasteiger partial charge is 0.375 e. The summed E-state index contributed by atoms with van der Waals surface area (Å²) < 4.78 is 14.9. The number of amides is 1. The zero-order valence-corrected chi connectivity index (χ0v) is 16.7. The summed E-state index contributed by atoms with van der Waals surface area (Å²) in [7, 11) is 1.57. The molecule has 0 radical (unpaired) electrons. The summed E-state index contributed by atoms with van der Waals surface area (Å²) in [6, 6.07) is 6.23. The number of carbonyl (C=O) groups excluding carboxylic acids is 1. The standard InChI is InChI=1S/C20H25FN6O/c1-12(16-23-9-6-10-24-16)25-13-7-8-15(21)14(11-13)20(4)19(2,3)17(28)27(5)18(22)26-20/h6-12,25H,1-5H3,(H2,22,26)/t12?,20-/m1/s1. The summed E-state index contributed by atoms with van der Waals surface area (Å²) >= 11 is 0. The predicted molar refractivity (Wildman–Crippen MR) is 106 cm³/mol. The maximum atomic E-state index is 14.9. The molecule has 1 aromatic heterocycles. The number of guanidine groups is 1. The fraction of sp³-hybridized carbons (Fsp3) is 0.400. The number of anilines is 1. The summed E-state index contributed by atoms with van der Waals surface area (Å²) in [5, 5.41) is 3.27. The maximum absolute atomic E-state index is 14.9. The Bertz CT molecular complexity index is 930. The van der Waals surface area contributed by atoms with Gasteiger partial charge in [-0.3, -0.25) is 9.69 Å². The summed E-state index contributed by atoms with van der Waals surface area (Å²) in [6.07, 6.45) is 3.34. The Balaban J connectivity index is 2.03. The van der Waals surface area contributed by atoms with Crippen LogP contribution in [0.3, 0.4) is 0 Å². The summed E-state index contributed by atoms with van der Waals surface area (Å²) in [5.41, 5.74) is 4.78. The van der Waals surface area contributed by atoms with Gasteiger partial charge >= 0.3 is 0 Å². The summed E-state index contributed by atoms with van der Waals surface area (Å²) in [6.45, 7) is 7.15. The van der Waals surface area contributed by atoms with Crippen molar-refractivity contribution in [3.8, 4) is 0 Å². The molecule has 1 unspecified atom stereocenters. The molecule has 0 aliphatic carbocycles. The van der Waals surface area contributed by atoms with Crippen LogP contribution < -0.4 is 11.1 Å². The second-order valence-electron chi connectivity index (χ2n) is 7.70. The minimum absolute atomic E-state index is 0.0654. The molecule has 148 valence electrons. The van der Waals surface area contributed by atoms with Gasteiger partial charge in [-0.15, -0.1) is 0 Å². The van der Waals surface area contributed by atoms with E-state index in [2.05, 4.69) is 20.3 Å². The number of benzene rings is 1. The van der Waals surface area contributed by atoms with Crippen LogP contribution in [-0.4, -0.2) is 33.8 Å². The van der Waals surface area contributed by atoms with E-state index in [0.29, 0.717) is 17.1 Å². The minimum Gasteiger partial charge on any atom is -0.375 e. The van der Waals surface area contributed by atoms with E-state index in [1.807, 2.05) is 6.92 Å². The molecule has 2 heterocycles. The Labute approximate surface area is 163 Å². The van der Waals surface area contributed by atoms with E-state index < -0.39 is 16.8 Å². The third-order valence-corrected chi connectivity index (χ3v) is 5.59. The molecule has 2 atom stereocenters. The Morgan fingerprint density at radius 3 is 2.50 bits per heavy atom. The van der Waals surface area contributed by atoms with Crippen molar-refractivity contribution < 1.29 is 9.18 Å². The highest BCUT2D eigenvalue weighted by Gasteiger charge is 2.53. The number of rotatable bonds is 4. The maximum Gasteiger partial charge on any atom is 0.237 e. The number of nitrogens with one attached hydrogen (secondary N) is 1. The molecule has 1 amide bonds. The molecular formula is C20H25FN6O. The Morgan fingerprint density at radius 2 is 1.86 bits per heavy atom. The molecule has 2 aromatic rings. The van der Waals surface area contributed by atoms with Crippen molar-refractivity contribution in [2.24, 2.45) is 16.1 Å². The molecule has 7 nitrogen and oxygen atoms in total. The van der Waals surface area contributed by atoms with Gasteiger partial charge in [0.25, 0.3) is 0 Å². The average Bonchev–Trinajstić information content (AvgIpc) is 2.67. The minimum atomic E-state index is -1.16. The van der Waals surface area contributed by atoms with E-state index >= 15 is 0 Å². The van der Waals surface area contributed by atoms with Gasteiger partial charge in [-0.25, -0.2) is 19.4 Å². The van der Waals surface area contributed by atoms with Crippen molar-refractivity contribution in [1.29, 1.82) is 0 Å². The number of hydrogen-bond acceptors (Lipinski definition) is 6. The first-order chi connectivity index (χ1) is 13.1. The lowest BCUT2D eigenvalue weighted by atomic mass is 9.67. The van der Waals surface area contributed by atoms with Crippen LogP contribution >= 0.6 is 0 Å². The molecule has 0 saturated heterocycles. The number of aliphatic imine (C=N–C) groups is 1. The van der Waals surface area contributed by atoms with E-state index in [-0.39, 0.29) is 17.9 Å². The highest BCUT2D eigenvalue weighted by molar-refractivity contribution is 6.01. The molecule has 0 spiro atoms. The fourth-order valence-corrected chi connectivity index (χ4v) is 3.41. The van der Waals surface area contributed by atoms with Crippen LogP contribution in [0.5, 0.6) is 0 Å². The number of halogens is 1. The van der Waals surface area contributed by atoms with Crippen molar-refractivity contribution in [3.63, 3.8) is 0 Å². The molecule has 0 saturated carbocycles. The first-order valence-corrected chi connectivity index (χ1v) is 9.05. The second kappa shape index (κ2) is 6.85. The van der Waals surface area contributed by atoms with E-state index in [1.54, 1.807) is 58.4 Å². The van der Waals surface area contributed by atoms with Crippen molar-refractivity contribution >= 4 is 17.6 Å². The smallest absolute Gasteiger partial charge is 0.237 e. The van der Waals surface area contributed by atoms with Gasteiger partial charge in [-0.1, -0.05) is 0 Å². The van der Waals surface area contributed by atoms with Gasteiger partial charge in [0.05, 0.1) is 11.5 Å². The molecule has 3 rings (SSSR count). The van der Waals surface area contributed by atoms with Crippen LogP contribution in [0.2, 0.25) is 0 Å². The zero-order valence-electron chi connectivity index (χ0n) is 16.7. The molecule has 1 aliphatic rings. The number of hydrogen-bond donors (Lipinski definition) is 2. The molecule has 8 heteroatoms. The summed E-state index contributed by atoms with van der Waals surface area (Å²) in [4.78, 5) is 27.1. The SMILES string of the molecule is CC(Nc1ccc(F)c([C@@]2(C)N=C(N)N(C)C(=O)C2(C)C)c1)c1ncccn1. The van der Waals surface area contributed by atoms with E-state index in [9.17, 15) is 9.18 Å². The average molecular weight is 384 g/mol. The van der Waals surface area contributed by atoms with Crippen LogP contribution in [0.15, 0.2) is 41.7 Å². The lowest BCUT2D eigenvalue weighted by molar-refractivity contribution is -0.140. The molecule has 3 N–H and O–H groups in total. The normalized spacial score (nSPS) is 22.6. The van der Waals surface area contributed by atoms with Gasteiger partial charge in [-0.05, 0) is 52.0 Å². The van der Waals surface area contributed by atoms with Crippen molar-refractivity contribution in [1.82, 2.24) is 14.9 Å². The van der Waals surface area contributed by atoms with E-state index in [1.165, 1.54) is 11.0 Å². The van der Waals surface area contributed by atoms with Gasteiger partial charge in [0.2, 0.25) is 5.91 Å². The van der Waals surface area contributed by atoms with Crippen LogP contribution in [0.4, 0.5) is 10.1 Å². The lowest BCUT2D eigenvalue weighted by Gasteiger charge is -2.46. The van der Waals surface area contributed by atoms with Crippen molar-refractivity contribution in [2.75, 3.05) is 12.4 Å². The van der Waals surface area contributed by atoms with Gasteiger partial charge in [0, 0.05) is 30.7 Å². The van der Waals surface area contributed by atoms with Crippen molar-refractivity contribution in [2.45, 2.75) is 39.3 Å². The Kier molecular flexibility index (Phi) is 4.82. The first kappa shape index (κ1) is 19.7. The third kappa shape index (κ3) is 3.08. The monoisotopic (exact) mass is 384 g/mol. The Hall–Kier alpha value is -3.03. The zero-order chi connectivity index (χ0) is 20.7. The molecule has 0 fully saturated rings. The predicted octanol–water partition coefficient (Wildman–Crippen LogP) is 2.82. The van der Waals surface area contributed by atoms with Crippen molar-refractivity contribution in [3.05, 3.63) is 53.9 Å². The fourth-order valence-electron chi connectivity index (χ4n) is 3.41. The lowest BCUT2D eigenvalue weighted by Crippen LogP contribution is -2.58. The Morgan fingerprint density at radius 1 is 1.21 bits per heavy atom. The number of nitrogens with zero attached hydrogens (tertiary/aromatic N) is 4. The van der Waals surface area contributed by atoms with Gasteiger partial charge in [0.15, 0.2) is 5.96 Å². The molecular weight excluding hydrogens is 359 g/mol. The quantitative estimate of drug-likeness (QED) is 0.845. The van der Waals surface area contributed by atoms with E-state index in [0.717, 1.165) is 0 Å². The highest BCUT2D eigenvalue weighted by atomic mass is 19.1. The first-order valence-electron chi connectivity index (χ1n) is 9.05. The highest BCUT2D eigenvalue weighted by Crippen LogP contribution is 2.47. The van der Waals surface area contributed by atoms with Crippen LogP contribution in [0, 0.1) is 11.2 Å². The third-order valence-electron chi connectivity index (χ3n) is 5.59. The molecule has 1 aromatic carbocycles. The topological polar surface area (TPSA) is 96.5 Å².